The molecule has 0 spiro atoms. The lowest BCUT2D eigenvalue weighted by atomic mass is 10.1. The van der Waals surface area contributed by atoms with Crippen molar-refractivity contribution < 1.29 is 14.0 Å². The Hall–Kier alpha value is -2.35. The van der Waals surface area contributed by atoms with E-state index in [0.29, 0.717) is 23.7 Å². The normalized spacial score (nSPS) is 17.4. The Labute approximate surface area is 149 Å². The molecule has 6 nitrogen and oxygen atoms in total. The van der Waals surface area contributed by atoms with Gasteiger partial charge >= 0.3 is 0 Å². The van der Waals surface area contributed by atoms with Crippen molar-refractivity contribution in [1.82, 2.24) is 19.8 Å². The molecule has 0 saturated carbocycles. The molecule has 2 amide bonds. The van der Waals surface area contributed by atoms with Crippen LogP contribution < -0.4 is 5.32 Å². The Bertz CT molecular complexity index is 792. The molecule has 0 aliphatic carbocycles. The highest BCUT2D eigenvalue weighted by Gasteiger charge is 2.32. The fourth-order valence-electron chi connectivity index (χ4n) is 2.86. The van der Waals surface area contributed by atoms with E-state index in [1.54, 1.807) is 17.0 Å². The quantitative estimate of drug-likeness (QED) is 0.886. The van der Waals surface area contributed by atoms with E-state index >= 15 is 0 Å². The average molecular weight is 362 g/mol. The minimum atomic E-state index is -0.326. The SMILES string of the molecule is CC(C)c1nnsc1C(=O)NC1CC(=O)N(Cc2cccc(F)c2)C1. The molecular weight excluding hydrogens is 343 g/mol. The van der Waals surface area contributed by atoms with E-state index in [2.05, 4.69) is 14.9 Å². The molecule has 132 valence electrons. The summed E-state index contributed by atoms with van der Waals surface area (Å²) in [6.45, 7) is 4.65. The molecule has 0 radical (unpaired) electrons. The second kappa shape index (κ2) is 7.26. The van der Waals surface area contributed by atoms with Crippen molar-refractivity contribution in [3.8, 4) is 0 Å². The number of benzene rings is 1. The third-order valence-electron chi connectivity index (χ3n) is 4.08. The Morgan fingerprint density at radius 3 is 3.00 bits per heavy atom. The maximum atomic E-state index is 13.3. The number of rotatable bonds is 5. The summed E-state index contributed by atoms with van der Waals surface area (Å²) in [4.78, 5) is 26.7. The minimum absolute atomic E-state index is 0.0546. The molecule has 2 heterocycles. The first kappa shape index (κ1) is 17.5. The van der Waals surface area contributed by atoms with E-state index in [0.717, 1.165) is 17.1 Å². The maximum Gasteiger partial charge on any atom is 0.265 e. The Kier molecular flexibility index (Phi) is 5.08. The molecule has 1 aromatic carbocycles. The van der Waals surface area contributed by atoms with Crippen molar-refractivity contribution in [2.75, 3.05) is 6.54 Å². The second-order valence-corrected chi connectivity index (χ2v) is 7.17. The number of hydrogen-bond donors (Lipinski definition) is 1. The molecule has 1 saturated heterocycles. The lowest BCUT2D eigenvalue weighted by Gasteiger charge is -2.17. The monoisotopic (exact) mass is 362 g/mol. The topological polar surface area (TPSA) is 75.2 Å². The molecular formula is C17H19FN4O2S. The van der Waals surface area contributed by atoms with Gasteiger partial charge in [-0.3, -0.25) is 9.59 Å². The van der Waals surface area contributed by atoms with Crippen LogP contribution in [0.4, 0.5) is 4.39 Å². The standard InChI is InChI=1S/C17H19FN4O2S/c1-10(2)15-16(25-21-20-15)17(24)19-13-7-14(23)22(9-13)8-11-4-3-5-12(18)6-11/h3-6,10,13H,7-9H2,1-2H3,(H,19,24). The first-order valence-electron chi connectivity index (χ1n) is 8.09. The fraction of sp³-hybridized carbons (Fsp3) is 0.412. The molecule has 1 unspecified atom stereocenters. The number of amides is 2. The molecule has 8 heteroatoms. The molecule has 25 heavy (non-hydrogen) atoms. The van der Waals surface area contributed by atoms with Crippen molar-refractivity contribution in [2.45, 2.75) is 38.8 Å². The highest BCUT2D eigenvalue weighted by Crippen LogP contribution is 2.21. The van der Waals surface area contributed by atoms with Gasteiger partial charge in [-0.05, 0) is 35.1 Å². The van der Waals surface area contributed by atoms with E-state index < -0.39 is 0 Å². The van der Waals surface area contributed by atoms with Gasteiger partial charge in [0.25, 0.3) is 5.91 Å². The zero-order valence-electron chi connectivity index (χ0n) is 14.0. The minimum Gasteiger partial charge on any atom is -0.346 e. The van der Waals surface area contributed by atoms with Gasteiger partial charge in [-0.15, -0.1) is 5.10 Å². The van der Waals surface area contributed by atoms with Gasteiger partial charge in [-0.2, -0.15) is 0 Å². The van der Waals surface area contributed by atoms with Crippen LogP contribution >= 0.6 is 11.5 Å². The number of likely N-dealkylation sites (tertiary alicyclic amines) is 1. The smallest absolute Gasteiger partial charge is 0.265 e. The summed E-state index contributed by atoms with van der Waals surface area (Å²) in [6.07, 6.45) is 0.240. The molecule has 1 aliphatic heterocycles. The predicted octanol–water partition coefficient (Wildman–Crippen LogP) is 2.33. The van der Waals surface area contributed by atoms with Crippen LogP contribution in [0.2, 0.25) is 0 Å². The first-order chi connectivity index (χ1) is 11.9. The van der Waals surface area contributed by atoms with Gasteiger partial charge in [0.15, 0.2) is 0 Å². The number of aromatic nitrogens is 2. The Balaban J connectivity index is 1.62. The molecule has 0 bridgehead atoms. The molecule has 1 N–H and O–H groups in total. The van der Waals surface area contributed by atoms with Crippen LogP contribution in [0, 0.1) is 5.82 Å². The van der Waals surface area contributed by atoms with Gasteiger partial charge in [0.1, 0.15) is 10.7 Å². The van der Waals surface area contributed by atoms with Crippen molar-refractivity contribution in [3.05, 3.63) is 46.2 Å². The fourth-order valence-corrected chi connectivity index (χ4v) is 3.58. The lowest BCUT2D eigenvalue weighted by molar-refractivity contribution is -0.128. The van der Waals surface area contributed by atoms with Crippen LogP contribution in [0.1, 0.15) is 47.1 Å². The van der Waals surface area contributed by atoms with Gasteiger partial charge in [-0.25, -0.2) is 4.39 Å². The van der Waals surface area contributed by atoms with E-state index in [9.17, 15) is 14.0 Å². The van der Waals surface area contributed by atoms with Crippen molar-refractivity contribution in [2.24, 2.45) is 0 Å². The van der Waals surface area contributed by atoms with Crippen LogP contribution in [0.15, 0.2) is 24.3 Å². The Morgan fingerprint density at radius 2 is 2.28 bits per heavy atom. The molecule has 2 aromatic rings. The molecule has 1 aliphatic rings. The van der Waals surface area contributed by atoms with E-state index in [-0.39, 0.29) is 36.0 Å². The zero-order valence-corrected chi connectivity index (χ0v) is 14.8. The summed E-state index contributed by atoms with van der Waals surface area (Å²) >= 11 is 1.06. The van der Waals surface area contributed by atoms with Gasteiger partial charge in [0.2, 0.25) is 5.91 Å². The summed E-state index contributed by atoms with van der Waals surface area (Å²) < 4.78 is 17.1. The van der Waals surface area contributed by atoms with Gasteiger partial charge in [-0.1, -0.05) is 30.5 Å². The van der Waals surface area contributed by atoms with Crippen molar-refractivity contribution >= 4 is 23.3 Å². The van der Waals surface area contributed by atoms with E-state index in [1.165, 1.54) is 12.1 Å². The maximum absolute atomic E-state index is 13.3. The molecule has 1 atom stereocenters. The Morgan fingerprint density at radius 1 is 1.48 bits per heavy atom. The lowest BCUT2D eigenvalue weighted by Crippen LogP contribution is -2.37. The average Bonchev–Trinajstić information content (AvgIpc) is 3.15. The predicted molar refractivity (Wildman–Crippen MR) is 91.7 cm³/mol. The number of nitrogens with one attached hydrogen (secondary N) is 1. The van der Waals surface area contributed by atoms with Crippen LogP contribution in [0.5, 0.6) is 0 Å². The van der Waals surface area contributed by atoms with Crippen LogP contribution in [-0.2, 0) is 11.3 Å². The third-order valence-corrected chi connectivity index (χ3v) is 4.82. The van der Waals surface area contributed by atoms with Crippen molar-refractivity contribution in [3.63, 3.8) is 0 Å². The molecule has 3 rings (SSSR count). The van der Waals surface area contributed by atoms with Crippen LogP contribution in [-0.4, -0.2) is 38.9 Å². The molecule has 1 fully saturated rings. The highest BCUT2D eigenvalue weighted by molar-refractivity contribution is 7.08. The second-order valence-electron chi connectivity index (χ2n) is 6.42. The highest BCUT2D eigenvalue weighted by atomic mass is 32.1. The largest absolute Gasteiger partial charge is 0.346 e. The third kappa shape index (κ3) is 4.01. The van der Waals surface area contributed by atoms with E-state index in [1.807, 2.05) is 13.8 Å². The summed E-state index contributed by atoms with van der Waals surface area (Å²) in [6, 6.07) is 5.91. The first-order valence-corrected chi connectivity index (χ1v) is 8.86. The van der Waals surface area contributed by atoms with Crippen molar-refractivity contribution in [1.29, 1.82) is 0 Å². The summed E-state index contributed by atoms with van der Waals surface area (Å²) in [5.74, 6) is -0.521. The number of carbonyl (C=O) groups is 2. The van der Waals surface area contributed by atoms with Crippen LogP contribution in [0.25, 0.3) is 0 Å². The van der Waals surface area contributed by atoms with Gasteiger partial charge in [0.05, 0.1) is 11.7 Å². The zero-order chi connectivity index (χ0) is 18.0. The van der Waals surface area contributed by atoms with Crippen LogP contribution in [0.3, 0.4) is 0 Å². The molecule has 1 aromatic heterocycles. The van der Waals surface area contributed by atoms with Gasteiger partial charge in [0, 0.05) is 19.5 Å². The summed E-state index contributed by atoms with van der Waals surface area (Å²) in [5.41, 5.74) is 1.40. The van der Waals surface area contributed by atoms with E-state index in [4.69, 9.17) is 0 Å². The number of nitrogens with zero attached hydrogens (tertiary/aromatic N) is 3. The van der Waals surface area contributed by atoms with Gasteiger partial charge < -0.3 is 10.2 Å². The summed E-state index contributed by atoms with van der Waals surface area (Å²) in [7, 11) is 0. The summed E-state index contributed by atoms with van der Waals surface area (Å²) in [5, 5.41) is 6.89. The number of carbonyl (C=O) groups excluding carboxylic acids is 2. The number of hydrogen-bond acceptors (Lipinski definition) is 5. The number of halogens is 1.